The van der Waals surface area contributed by atoms with Crippen LogP contribution < -0.4 is 5.11 Å². The summed E-state index contributed by atoms with van der Waals surface area (Å²) in [5.74, 6) is -0.975. The number of fused-ring (bicyclic) bond motifs is 1. The van der Waals surface area contributed by atoms with Gasteiger partial charge in [-0.25, -0.2) is 0 Å². The van der Waals surface area contributed by atoms with Gasteiger partial charge in [0.25, 0.3) is 5.91 Å². The zero-order valence-electron chi connectivity index (χ0n) is 11.3. The van der Waals surface area contributed by atoms with E-state index in [2.05, 4.69) is 0 Å². The molecule has 1 aliphatic carbocycles. The Balaban J connectivity index is 1.91. The normalized spacial score (nSPS) is 29.0. The molecular weight excluding hydrogens is 254 g/mol. The van der Waals surface area contributed by atoms with E-state index in [1.807, 2.05) is 6.07 Å². The van der Waals surface area contributed by atoms with E-state index in [1.165, 1.54) is 0 Å². The molecule has 0 N–H and O–H groups in total. The third-order valence-electron chi connectivity index (χ3n) is 4.62. The minimum Gasteiger partial charge on any atom is -0.548 e. The summed E-state index contributed by atoms with van der Waals surface area (Å²) in [6.45, 7) is 0. The van der Waals surface area contributed by atoms with Crippen LogP contribution in [0.15, 0.2) is 30.3 Å². The number of carboxylic acids is 1. The predicted molar refractivity (Wildman–Crippen MR) is 71.8 cm³/mol. The Hall–Kier alpha value is -1.84. The van der Waals surface area contributed by atoms with E-state index in [0.717, 1.165) is 25.7 Å². The first-order valence-corrected chi connectivity index (χ1v) is 7.27. The topological polar surface area (TPSA) is 60.4 Å². The SMILES string of the molecule is O=C([O-])[C@H]1C[C@@H]2CCCC[C@H]2N1C(=O)c1ccccc1. The Morgan fingerprint density at radius 2 is 1.80 bits per heavy atom. The summed E-state index contributed by atoms with van der Waals surface area (Å²) in [5, 5.41) is 11.4. The maximum absolute atomic E-state index is 12.7. The fraction of sp³-hybridized carbons (Fsp3) is 0.500. The molecule has 4 nitrogen and oxygen atoms in total. The molecule has 3 rings (SSSR count). The van der Waals surface area contributed by atoms with Crippen LogP contribution in [-0.4, -0.2) is 28.9 Å². The van der Waals surface area contributed by atoms with Crippen molar-refractivity contribution in [1.29, 1.82) is 0 Å². The van der Waals surface area contributed by atoms with Crippen molar-refractivity contribution >= 4 is 11.9 Å². The molecule has 1 aromatic carbocycles. The lowest BCUT2D eigenvalue weighted by molar-refractivity contribution is -0.310. The quantitative estimate of drug-likeness (QED) is 0.813. The van der Waals surface area contributed by atoms with E-state index in [-0.39, 0.29) is 11.9 Å². The highest BCUT2D eigenvalue weighted by Crippen LogP contribution is 2.40. The number of hydrogen-bond donors (Lipinski definition) is 0. The van der Waals surface area contributed by atoms with Gasteiger partial charge in [-0.3, -0.25) is 4.79 Å². The zero-order chi connectivity index (χ0) is 14.1. The Kier molecular flexibility index (Phi) is 3.47. The van der Waals surface area contributed by atoms with E-state index >= 15 is 0 Å². The highest BCUT2D eigenvalue weighted by Gasteiger charge is 2.45. The largest absolute Gasteiger partial charge is 0.548 e. The standard InChI is InChI=1S/C16H19NO3/c18-15(11-6-2-1-3-7-11)17-13-9-5-4-8-12(13)10-14(17)16(19)20/h1-3,6-7,12-14H,4-5,8-10H2,(H,19,20)/p-1/t12-,13+,14+/m0/s1. The maximum atomic E-state index is 12.7. The van der Waals surface area contributed by atoms with Crippen LogP contribution in [0.1, 0.15) is 42.5 Å². The molecule has 2 fully saturated rings. The fourth-order valence-electron chi connectivity index (χ4n) is 3.69. The third kappa shape index (κ3) is 2.19. The smallest absolute Gasteiger partial charge is 0.254 e. The molecule has 0 bridgehead atoms. The van der Waals surface area contributed by atoms with Crippen LogP contribution in [0.25, 0.3) is 0 Å². The first-order chi connectivity index (χ1) is 9.68. The van der Waals surface area contributed by atoms with E-state index in [4.69, 9.17) is 0 Å². The molecule has 3 atom stereocenters. The van der Waals surface area contributed by atoms with Gasteiger partial charge in [-0.05, 0) is 37.3 Å². The average molecular weight is 272 g/mol. The number of amides is 1. The van der Waals surface area contributed by atoms with Gasteiger partial charge in [0.15, 0.2) is 0 Å². The molecule has 1 heterocycles. The zero-order valence-corrected chi connectivity index (χ0v) is 11.3. The Morgan fingerprint density at radius 1 is 1.10 bits per heavy atom. The summed E-state index contributed by atoms with van der Waals surface area (Å²) in [6, 6.07) is 8.23. The van der Waals surface area contributed by atoms with Gasteiger partial charge in [-0.2, -0.15) is 0 Å². The summed E-state index contributed by atoms with van der Waals surface area (Å²) in [4.78, 5) is 25.6. The van der Waals surface area contributed by atoms with Crippen molar-refractivity contribution in [1.82, 2.24) is 4.90 Å². The fourth-order valence-corrected chi connectivity index (χ4v) is 3.69. The van der Waals surface area contributed by atoms with Crippen LogP contribution in [0.4, 0.5) is 0 Å². The van der Waals surface area contributed by atoms with Crippen LogP contribution in [-0.2, 0) is 4.79 Å². The van der Waals surface area contributed by atoms with Crippen LogP contribution in [0, 0.1) is 5.92 Å². The molecule has 0 unspecified atom stereocenters. The second kappa shape index (κ2) is 5.27. The van der Waals surface area contributed by atoms with Crippen molar-refractivity contribution < 1.29 is 14.7 Å². The van der Waals surface area contributed by atoms with Gasteiger partial charge in [0.2, 0.25) is 0 Å². The number of carbonyl (C=O) groups excluding carboxylic acids is 2. The molecule has 1 saturated carbocycles. The van der Waals surface area contributed by atoms with Crippen molar-refractivity contribution in [3.8, 4) is 0 Å². The molecule has 20 heavy (non-hydrogen) atoms. The number of hydrogen-bond acceptors (Lipinski definition) is 3. The molecular formula is C16H18NO3-. The van der Waals surface area contributed by atoms with Crippen molar-refractivity contribution in [2.45, 2.75) is 44.2 Å². The highest BCUT2D eigenvalue weighted by atomic mass is 16.4. The van der Waals surface area contributed by atoms with Crippen molar-refractivity contribution in [3.63, 3.8) is 0 Å². The Labute approximate surface area is 118 Å². The Morgan fingerprint density at radius 3 is 2.50 bits per heavy atom. The molecule has 2 aliphatic rings. The molecule has 0 aromatic heterocycles. The molecule has 0 radical (unpaired) electrons. The van der Waals surface area contributed by atoms with E-state index < -0.39 is 12.0 Å². The molecule has 0 spiro atoms. The van der Waals surface area contributed by atoms with Gasteiger partial charge in [-0.15, -0.1) is 0 Å². The van der Waals surface area contributed by atoms with Gasteiger partial charge >= 0.3 is 0 Å². The summed E-state index contributed by atoms with van der Waals surface area (Å²) in [5.41, 5.74) is 0.560. The third-order valence-corrected chi connectivity index (χ3v) is 4.62. The van der Waals surface area contributed by atoms with Gasteiger partial charge in [0.05, 0.1) is 12.0 Å². The van der Waals surface area contributed by atoms with Crippen molar-refractivity contribution in [2.24, 2.45) is 5.92 Å². The average Bonchev–Trinajstić information content (AvgIpc) is 2.87. The van der Waals surface area contributed by atoms with Crippen LogP contribution in [0.5, 0.6) is 0 Å². The minimum absolute atomic E-state index is 0.0688. The number of aliphatic carboxylic acids is 1. The van der Waals surface area contributed by atoms with Gasteiger partial charge in [0, 0.05) is 11.6 Å². The second-order valence-corrected chi connectivity index (χ2v) is 5.76. The number of likely N-dealkylation sites (tertiary alicyclic amines) is 1. The molecule has 106 valence electrons. The Bertz CT molecular complexity index is 514. The number of rotatable bonds is 2. The first kappa shape index (κ1) is 13.2. The highest BCUT2D eigenvalue weighted by molar-refractivity contribution is 5.97. The lowest BCUT2D eigenvalue weighted by atomic mass is 9.84. The molecule has 1 saturated heterocycles. The van der Waals surface area contributed by atoms with Crippen molar-refractivity contribution in [2.75, 3.05) is 0 Å². The molecule has 4 heteroatoms. The predicted octanol–water partition coefficient (Wildman–Crippen LogP) is 1.21. The summed E-state index contributed by atoms with van der Waals surface area (Å²) >= 11 is 0. The van der Waals surface area contributed by atoms with E-state index in [1.54, 1.807) is 29.2 Å². The molecule has 1 aromatic rings. The van der Waals surface area contributed by atoms with Crippen molar-refractivity contribution in [3.05, 3.63) is 35.9 Å². The number of carboxylic acid groups (broad SMARTS) is 1. The van der Waals surface area contributed by atoms with E-state index in [9.17, 15) is 14.7 Å². The van der Waals surface area contributed by atoms with Gasteiger partial charge in [-0.1, -0.05) is 31.0 Å². The number of nitrogens with zero attached hydrogens (tertiary/aromatic N) is 1. The van der Waals surface area contributed by atoms with E-state index in [0.29, 0.717) is 17.9 Å². The lowest BCUT2D eigenvalue weighted by Crippen LogP contribution is -2.50. The van der Waals surface area contributed by atoms with Crippen LogP contribution in [0.3, 0.4) is 0 Å². The van der Waals surface area contributed by atoms with Gasteiger partial charge in [0.1, 0.15) is 0 Å². The minimum atomic E-state index is -1.12. The summed E-state index contributed by atoms with van der Waals surface area (Å²) in [6.07, 6.45) is 4.68. The number of benzene rings is 1. The monoisotopic (exact) mass is 272 g/mol. The van der Waals surface area contributed by atoms with Crippen LogP contribution >= 0.6 is 0 Å². The van der Waals surface area contributed by atoms with Crippen LogP contribution in [0.2, 0.25) is 0 Å². The lowest BCUT2D eigenvalue weighted by Gasteiger charge is -2.34. The first-order valence-electron chi connectivity index (χ1n) is 7.27. The molecule has 1 aliphatic heterocycles. The molecule has 1 amide bonds. The summed E-state index contributed by atoms with van der Waals surface area (Å²) < 4.78 is 0. The number of carbonyl (C=O) groups is 2. The van der Waals surface area contributed by atoms with Gasteiger partial charge < -0.3 is 14.8 Å². The maximum Gasteiger partial charge on any atom is 0.254 e. The summed E-state index contributed by atoms with van der Waals surface area (Å²) in [7, 11) is 0. The second-order valence-electron chi connectivity index (χ2n) is 5.76.